The molecular weight excluding hydrogens is 540 g/mol. The van der Waals surface area contributed by atoms with Crippen LogP contribution in [0.25, 0.3) is 21.8 Å². The zero-order chi connectivity index (χ0) is 22.2. The minimum atomic E-state index is -3.57. The Balaban J connectivity index is 0.000000177. The van der Waals surface area contributed by atoms with E-state index in [9.17, 15) is 8.42 Å². The van der Waals surface area contributed by atoms with Crippen molar-refractivity contribution in [2.24, 2.45) is 0 Å². The fourth-order valence-electron chi connectivity index (χ4n) is 3.61. The second kappa shape index (κ2) is 8.65. The fourth-order valence-corrected chi connectivity index (χ4v) is 6.39. The first-order chi connectivity index (χ1) is 14.8. The van der Waals surface area contributed by atoms with Crippen molar-refractivity contribution in [3.05, 3.63) is 99.2 Å². The predicted octanol–water partition coefficient (Wildman–Crippen LogP) is 7.19. The molecule has 0 saturated carbocycles. The van der Waals surface area contributed by atoms with Gasteiger partial charge < -0.3 is 4.98 Å². The molecule has 0 unspecified atom stereocenters. The molecule has 2 aromatic heterocycles. The highest BCUT2D eigenvalue weighted by molar-refractivity contribution is 9.11. The number of aromatic amines is 1. The fraction of sp³-hybridized carbons (Fsp3) is 0.0833. The zero-order valence-electron chi connectivity index (χ0n) is 16.9. The van der Waals surface area contributed by atoms with Gasteiger partial charge in [-0.3, -0.25) is 0 Å². The minimum Gasteiger partial charge on any atom is -0.361 e. The molecule has 158 valence electrons. The smallest absolute Gasteiger partial charge is 0.268 e. The standard InChI is InChI=1S/C15H12BrNO2S.C9H8BrN/c1-11-10-17(14-9-5-8-13(16)15(11)14)20(18,19)12-6-3-2-4-7-12;1-6-5-11-8-4-2-3-7(10)9(6)8/h2-10H,1H3;2-5,11H,1H3. The van der Waals surface area contributed by atoms with E-state index in [1.165, 1.54) is 20.4 Å². The Kier molecular flexibility index (Phi) is 6.10. The second-order valence-electron chi connectivity index (χ2n) is 7.19. The van der Waals surface area contributed by atoms with Crippen LogP contribution in [0.1, 0.15) is 11.1 Å². The number of fused-ring (bicyclic) bond motifs is 2. The van der Waals surface area contributed by atoms with Gasteiger partial charge in [0.25, 0.3) is 10.0 Å². The molecule has 0 amide bonds. The summed E-state index contributed by atoms with van der Waals surface area (Å²) in [4.78, 5) is 3.49. The van der Waals surface area contributed by atoms with Gasteiger partial charge in [0.1, 0.15) is 0 Å². The topological polar surface area (TPSA) is 54.9 Å². The van der Waals surface area contributed by atoms with Crippen molar-refractivity contribution in [2.75, 3.05) is 0 Å². The second-order valence-corrected chi connectivity index (χ2v) is 10.7. The number of H-pyrrole nitrogens is 1. The average molecular weight is 560 g/mol. The van der Waals surface area contributed by atoms with Crippen LogP contribution in [0.4, 0.5) is 0 Å². The van der Waals surface area contributed by atoms with E-state index in [1.54, 1.807) is 36.5 Å². The lowest BCUT2D eigenvalue weighted by atomic mass is 10.2. The molecule has 2 heterocycles. The molecule has 0 bridgehead atoms. The molecule has 0 fully saturated rings. The predicted molar refractivity (Wildman–Crippen MR) is 134 cm³/mol. The van der Waals surface area contributed by atoms with E-state index in [0.717, 1.165) is 19.9 Å². The van der Waals surface area contributed by atoms with Gasteiger partial charge in [0.05, 0.1) is 10.4 Å². The number of hydrogen-bond donors (Lipinski definition) is 1. The van der Waals surface area contributed by atoms with E-state index < -0.39 is 10.0 Å². The maximum Gasteiger partial charge on any atom is 0.268 e. The first-order valence-corrected chi connectivity index (χ1v) is 12.6. The number of aromatic nitrogens is 2. The van der Waals surface area contributed by atoms with E-state index in [2.05, 4.69) is 55.9 Å². The molecule has 31 heavy (non-hydrogen) atoms. The van der Waals surface area contributed by atoms with Gasteiger partial charge in [0, 0.05) is 37.6 Å². The molecule has 1 N–H and O–H groups in total. The van der Waals surface area contributed by atoms with E-state index in [-0.39, 0.29) is 4.90 Å². The lowest BCUT2D eigenvalue weighted by Gasteiger charge is -2.07. The lowest BCUT2D eigenvalue weighted by molar-refractivity contribution is 0.589. The molecule has 5 aromatic rings. The summed E-state index contributed by atoms with van der Waals surface area (Å²) in [5, 5.41) is 2.21. The van der Waals surface area contributed by atoms with Gasteiger partial charge in [0.15, 0.2) is 0 Å². The van der Waals surface area contributed by atoms with Crippen LogP contribution in [0.15, 0.2) is 93.0 Å². The van der Waals surface area contributed by atoms with Gasteiger partial charge in [-0.1, -0.05) is 62.2 Å². The Morgan fingerprint density at radius 2 is 1.42 bits per heavy atom. The van der Waals surface area contributed by atoms with Crippen molar-refractivity contribution < 1.29 is 8.42 Å². The maximum absolute atomic E-state index is 12.7. The lowest BCUT2D eigenvalue weighted by Crippen LogP contribution is -2.11. The van der Waals surface area contributed by atoms with Crippen LogP contribution in [0.3, 0.4) is 0 Å². The van der Waals surface area contributed by atoms with Gasteiger partial charge in [-0.25, -0.2) is 12.4 Å². The molecule has 7 heteroatoms. The van der Waals surface area contributed by atoms with Crippen LogP contribution >= 0.6 is 31.9 Å². The summed E-state index contributed by atoms with van der Waals surface area (Å²) >= 11 is 6.98. The molecular formula is C24H20Br2N2O2S. The molecule has 3 aromatic carbocycles. The van der Waals surface area contributed by atoms with Gasteiger partial charge in [-0.2, -0.15) is 0 Å². The van der Waals surface area contributed by atoms with Crippen molar-refractivity contribution in [3.8, 4) is 0 Å². The summed E-state index contributed by atoms with van der Waals surface area (Å²) < 4.78 is 28.8. The Bertz CT molecular complexity index is 1490. The number of aryl methyl sites for hydroxylation is 2. The summed E-state index contributed by atoms with van der Waals surface area (Å²) in [6.07, 6.45) is 3.69. The quantitative estimate of drug-likeness (QED) is 0.249. The minimum absolute atomic E-state index is 0.289. The molecule has 0 aliphatic rings. The SMILES string of the molecule is Cc1c[nH]c2cccc(Br)c12.Cc1cn(S(=O)(=O)c2ccccc2)c2cccc(Br)c12. The van der Waals surface area contributed by atoms with E-state index in [4.69, 9.17) is 0 Å². The molecule has 0 radical (unpaired) electrons. The van der Waals surface area contributed by atoms with Gasteiger partial charge >= 0.3 is 0 Å². The number of rotatable bonds is 2. The van der Waals surface area contributed by atoms with Crippen molar-refractivity contribution in [3.63, 3.8) is 0 Å². The number of nitrogens with zero attached hydrogens (tertiary/aromatic N) is 1. The number of nitrogens with one attached hydrogen (secondary N) is 1. The highest BCUT2D eigenvalue weighted by atomic mass is 79.9. The van der Waals surface area contributed by atoms with Crippen LogP contribution in [0.5, 0.6) is 0 Å². The summed E-state index contributed by atoms with van der Waals surface area (Å²) in [5.74, 6) is 0. The first kappa shape index (κ1) is 21.9. The zero-order valence-corrected chi connectivity index (χ0v) is 20.9. The molecule has 0 atom stereocenters. The summed E-state index contributed by atoms with van der Waals surface area (Å²) in [5.41, 5.74) is 4.08. The first-order valence-electron chi connectivity index (χ1n) is 9.59. The Morgan fingerprint density at radius 1 is 0.774 bits per heavy atom. The third kappa shape index (κ3) is 4.10. The summed E-state index contributed by atoms with van der Waals surface area (Å²) in [6, 6.07) is 20.2. The largest absolute Gasteiger partial charge is 0.361 e. The molecule has 0 saturated heterocycles. The Labute approximate surface area is 198 Å². The molecule has 0 spiro atoms. The van der Waals surface area contributed by atoms with Crippen molar-refractivity contribution in [1.29, 1.82) is 0 Å². The van der Waals surface area contributed by atoms with Gasteiger partial charge in [0.2, 0.25) is 0 Å². The van der Waals surface area contributed by atoms with Crippen molar-refractivity contribution in [1.82, 2.24) is 8.96 Å². The highest BCUT2D eigenvalue weighted by Gasteiger charge is 2.20. The number of hydrogen-bond acceptors (Lipinski definition) is 2. The van der Waals surface area contributed by atoms with E-state index in [1.807, 2.05) is 37.4 Å². The molecule has 0 aliphatic heterocycles. The van der Waals surface area contributed by atoms with Crippen LogP contribution in [-0.4, -0.2) is 17.4 Å². The monoisotopic (exact) mass is 558 g/mol. The van der Waals surface area contributed by atoms with E-state index >= 15 is 0 Å². The number of halogens is 2. The van der Waals surface area contributed by atoms with Gasteiger partial charge in [-0.05, 0) is 61.4 Å². The Hall–Kier alpha value is -2.35. The van der Waals surface area contributed by atoms with Gasteiger partial charge in [-0.15, -0.1) is 0 Å². The third-order valence-corrected chi connectivity index (χ3v) is 8.10. The highest BCUT2D eigenvalue weighted by Crippen LogP contribution is 2.31. The van der Waals surface area contributed by atoms with Crippen LogP contribution in [-0.2, 0) is 10.0 Å². The third-order valence-electron chi connectivity index (χ3n) is 5.09. The number of benzene rings is 3. The molecule has 0 aliphatic carbocycles. The maximum atomic E-state index is 12.7. The van der Waals surface area contributed by atoms with Crippen LogP contribution < -0.4 is 0 Å². The van der Waals surface area contributed by atoms with E-state index in [0.29, 0.717) is 5.52 Å². The molecule has 4 nitrogen and oxygen atoms in total. The summed E-state index contributed by atoms with van der Waals surface area (Å²) in [7, 11) is -3.57. The van der Waals surface area contributed by atoms with Crippen molar-refractivity contribution >= 4 is 63.7 Å². The van der Waals surface area contributed by atoms with Crippen molar-refractivity contribution in [2.45, 2.75) is 18.7 Å². The normalized spacial score (nSPS) is 11.5. The van der Waals surface area contributed by atoms with Crippen LogP contribution in [0.2, 0.25) is 0 Å². The Morgan fingerprint density at radius 3 is 2.10 bits per heavy atom. The van der Waals surface area contributed by atoms with Crippen LogP contribution in [0, 0.1) is 13.8 Å². The average Bonchev–Trinajstić information content (AvgIpc) is 3.31. The molecule has 5 rings (SSSR count). The summed E-state index contributed by atoms with van der Waals surface area (Å²) in [6.45, 7) is 4.01.